The highest BCUT2D eigenvalue weighted by Gasteiger charge is 2.31. The molecule has 7 nitrogen and oxygen atoms in total. The van der Waals surface area contributed by atoms with Gasteiger partial charge < -0.3 is 16.7 Å². The molecule has 0 aliphatic heterocycles. The standard InChI is InChI=1S/C8H17N3O4/c1-8(11(14)15,4-2-6(9)12)5-3-7(10)13/h11,14H,2-5H2,1H3,(H2,9,12)(H2,10,13). The van der Waals surface area contributed by atoms with Crippen molar-refractivity contribution in [2.75, 3.05) is 0 Å². The van der Waals surface area contributed by atoms with Crippen LogP contribution in [0.15, 0.2) is 0 Å². The summed E-state index contributed by atoms with van der Waals surface area (Å²) in [5.74, 6) is -1.11. The predicted molar refractivity (Wildman–Crippen MR) is 51.4 cm³/mol. The van der Waals surface area contributed by atoms with E-state index in [9.17, 15) is 14.8 Å². The molecule has 7 heteroatoms. The Morgan fingerprint density at radius 1 is 1.27 bits per heavy atom. The summed E-state index contributed by atoms with van der Waals surface area (Å²) >= 11 is 0. The normalized spacial score (nSPS) is 13.5. The van der Waals surface area contributed by atoms with E-state index in [1.165, 1.54) is 6.92 Å². The zero-order valence-corrected chi connectivity index (χ0v) is 8.66. The third kappa shape index (κ3) is 5.31. The smallest absolute Gasteiger partial charge is 0.217 e. The van der Waals surface area contributed by atoms with Crippen LogP contribution in [0.2, 0.25) is 0 Å². The molecular formula is C8H17N3O4. The fourth-order valence-electron chi connectivity index (χ4n) is 1.14. The summed E-state index contributed by atoms with van der Waals surface area (Å²) in [5.41, 5.74) is 8.74. The van der Waals surface area contributed by atoms with Crippen molar-refractivity contribution in [1.82, 2.24) is 0 Å². The van der Waals surface area contributed by atoms with Gasteiger partial charge in [0, 0.05) is 25.7 Å². The van der Waals surface area contributed by atoms with E-state index in [0.29, 0.717) is 0 Å². The van der Waals surface area contributed by atoms with Crippen LogP contribution < -0.4 is 16.7 Å². The van der Waals surface area contributed by atoms with Gasteiger partial charge in [0.1, 0.15) is 5.54 Å². The highest BCUT2D eigenvalue weighted by molar-refractivity contribution is 5.74. The van der Waals surface area contributed by atoms with Crippen LogP contribution in [-0.4, -0.2) is 22.6 Å². The van der Waals surface area contributed by atoms with Crippen molar-refractivity contribution in [3.8, 4) is 0 Å². The summed E-state index contributed by atoms with van der Waals surface area (Å²) in [6.07, 6.45) is 0.207. The molecule has 0 saturated carbocycles. The van der Waals surface area contributed by atoms with E-state index in [1.54, 1.807) is 0 Å². The average molecular weight is 219 g/mol. The number of hydrogen-bond donors (Lipinski definition) is 4. The maximum absolute atomic E-state index is 10.9. The van der Waals surface area contributed by atoms with E-state index in [4.69, 9.17) is 16.7 Å². The second-order valence-corrected chi connectivity index (χ2v) is 3.80. The van der Waals surface area contributed by atoms with Crippen LogP contribution in [-0.2, 0) is 9.59 Å². The summed E-state index contributed by atoms with van der Waals surface area (Å²) in [7, 11) is 0. The van der Waals surface area contributed by atoms with E-state index in [0.717, 1.165) is 0 Å². The van der Waals surface area contributed by atoms with Crippen LogP contribution in [0.4, 0.5) is 0 Å². The Balaban J connectivity index is 4.31. The summed E-state index contributed by atoms with van der Waals surface area (Å²) in [5, 5.41) is 18.8. The fraction of sp³-hybridized carbons (Fsp3) is 0.750. The van der Waals surface area contributed by atoms with Crippen molar-refractivity contribution in [3.63, 3.8) is 0 Å². The summed E-state index contributed by atoms with van der Waals surface area (Å²) in [4.78, 5) is 21.1. The number of carbonyl (C=O) groups excluding carboxylic acids is 2. The first kappa shape index (κ1) is 13.8. The maximum Gasteiger partial charge on any atom is 0.217 e. The molecule has 0 radical (unpaired) electrons. The molecule has 0 heterocycles. The first-order valence-electron chi connectivity index (χ1n) is 4.58. The lowest BCUT2D eigenvalue weighted by atomic mass is 9.90. The molecule has 15 heavy (non-hydrogen) atoms. The van der Waals surface area contributed by atoms with Crippen molar-refractivity contribution >= 4 is 11.8 Å². The van der Waals surface area contributed by atoms with Crippen molar-refractivity contribution in [2.24, 2.45) is 11.5 Å². The van der Waals surface area contributed by atoms with Gasteiger partial charge in [-0.15, -0.1) is 0 Å². The molecule has 0 aromatic heterocycles. The number of hydrogen-bond acceptors (Lipinski definition) is 4. The number of amides is 2. The van der Waals surface area contributed by atoms with Crippen LogP contribution in [0.3, 0.4) is 0 Å². The Bertz CT molecular complexity index is 224. The van der Waals surface area contributed by atoms with Crippen LogP contribution in [0.25, 0.3) is 0 Å². The van der Waals surface area contributed by atoms with E-state index >= 15 is 0 Å². The molecule has 88 valence electrons. The van der Waals surface area contributed by atoms with E-state index in [-0.39, 0.29) is 25.7 Å². The van der Waals surface area contributed by atoms with Crippen LogP contribution >= 0.6 is 0 Å². The fourth-order valence-corrected chi connectivity index (χ4v) is 1.14. The number of carbonyl (C=O) groups is 2. The number of primary amides is 2. The largest absolute Gasteiger partial charge is 0.600 e. The highest BCUT2D eigenvalue weighted by atomic mass is 16.8. The van der Waals surface area contributed by atoms with Gasteiger partial charge in [0.25, 0.3) is 0 Å². The molecule has 0 saturated heterocycles. The second kappa shape index (κ2) is 5.64. The van der Waals surface area contributed by atoms with Crippen molar-refractivity contribution < 1.29 is 20.0 Å². The van der Waals surface area contributed by atoms with E-state index < -0.39 is 22.6 Å². The molecule has 2 amide bonds. The highest BCUT2D eigenvalue weighted by Crippen LogP contribution is 2.14. The molecule has 0 rings (SSSR count). The Morgan fingerprint density at radius 2 is 1.60 bits per heavy atom. The molecule has 0 aliphatic carbocycles. The molecule has 0 aromatic rings. The summed E-state index contributed by atoms with van der Waals surface area (Å²) in [6.45, 7) is 1.47. The van der Waals surface area contributed by atoms with Crippen LogP contribution in [0, 0.1) is 5.21 Å². The van der Waals surface area contributed by atoms with E-state index in [2.05, 4.69) is 0 Å². The Kier molecular flexibility index (Phi) is 5.20. The minimum atomic E-state index is -1.12. The molecule has 0 fully saturated rings. The summed E-state index contributed by atoms with van der Waals surface area (Å²) in [6, 6.07) is 0. The number of rotatable bonds is 7. The number of nitrogens with two attached hydrogens (primary N) is 2. The van der Waals surface area contributed by atoms with Crippen LogP contribution in [0.5, 0.6) is 0 Å². The SMILES string of the molecule is CC(CCC(N)=O)(CCC(N)=O)[NH+]([O-])O. The molecule has 0 aromatic carbocycles. The lowest BCUT2D eigenvalue weighted by molar-refractivity contribution is -1.09. The topological polar surface area (TPSA) is 134 Å². The first-order valence-corrected chi connectivity index (χ1v) is 4.58. The predicted octanol–water partition coefficient (Wildman–Crippen LogP) is -1.95. The number of nitrogens with one attached hydrogen (secondary N) is 1. The zero-order valence-electron chi connectivity index (χ0n) is 8.66. The van der Waals surface area contributed by atoms with Crippen LogP contribution in [0.1, 0.15) is 32.6 Å². The first-order chi connectivity index (χ1) is 6.78. The van der Waals surface area contributed by atoms with Gasteiger partial charge in [-0.25, -0.2) is 10.4 Å². The van der Waals surface area contributed by atoms with Gasteiger partial charge >= 0.3 is 0 Å². The van der Waals surface area contributed by atoms with Gasteiger partial charge in [-0.05, 0) is 6.92 Å². The quantitative estimate of drug-likeness (QED) is 0.370. The minimum absolute atomic E-state index is 0.0123. The molecule has 0 spiro atoms. The van der Waals surface area contributed by atoms with Crippen molar-refractivity contribution in [2.45, 2.75) is 38.1 Å². The van der Waals surface area contributed by atoms with E-state index in [1.807, 2.05) is 0 Å². The second-order valence-electron chi connectivity index (χ2n) is 3.80. The Hall–Kier alpha value is -1.18. The lowest BCUT2D eigenvalue weighted by Crippen LogP contribution is -3.13. The maximum atomic E-state index is 10.9. The minimum Gasteiger partial charge on any atom is -0.600 e. The van der Waals surface area contributed by atoms with Gasteiger partial charge in [-0.3, -0.25) is 9.59 Å². The number of quaternary nitrogens is 1. The zero-order chi connectivity index (χ0) is 12.1. The molecule has 6 N–H and O–H groups in total. The molecular weight excluding hydrogens is 202 g/mol. The average Bonchev–Trinajstić information content (AvgIpc) is 2.11. The summed E-state index contributed by atoms with van der Waals surface area (Å²) < 4.78 is 0. The third-order valence-electron chi connectivity index (χ3n) is 2.36. The Labute approximate surface area is 87.6 Å². The van der Waals surface area contributed by atoms with Gasteiger partial charge in [-0.2, -0.15) is 0 Å². The van der Waals surface area contributed by atoms with Crippen molar-refractivity contribution in [1.29, 1.82) is 0 Å². The Morgan fingerprint density at radius 3 is 1.80 bits per heavy atom. The van der Waals surface area contributed by atoms with Crippen molar-refractivity contribution in [3.05, 3.63) is 5.21 Å². The van der Waals surface area contributed by atoms with Gasteiger partial charge in [0.05, 0.1) is 0 Å². The monoisotopic (exact) mass is 219 g/mol. The molecule has 0 aliphatic rings. The molecule has 0 bridgehead atoms. The third-order valence-corrected chi connectivity index (χ3v) is 2.36. The molecule has 1 unspecified atom stereocenters. The van der Waals surface area contributed by atoms with Gasteiger partial charge in [-0.1, -0.05) is 0 Å². The lowest BCUT2D eigenvalue weighted by Gasteiger charge is -2.34. The van der Waals surface area contributed by atoms with Gasteiger partial charge in [0.2, 0.25) is 11.8 Å². The number of hydroxylamine groups is 2. The van der Waals surface area contributed by atoms with Gasteiger partial charge in [0.15, 0.2) is 0 Å². The molecule has 1 atom stereocenters.